The van der Waals surface area contributed by atoms with Gasteiger partial charge in [-0.3, -0.25) is 13.2 Å². The monoisotopic (exact) mass is 406 g/mol. The van der Waals surface area contributed by atoms with Gasteiger partial charge in [0.05, 0.1) is 22.9 Å². The third-order valence-electron chi connectivity index (χ3n) is 6.14. The Labute approximate surface area is 144 Å². The molecule has 0 aromatic rings. The Morgan fingerprint density at radius 1 is 1.48 bits per heavy atom. The maximum absolute atomic E-state index is 12.4. The van der Waals surface area contributed by atoms with Crippen LogP contribution in [0.3, 0.4) is 0 Å². The number of nitrogens with zero attached hydrogens (tertiary/aromatic N) is 1. The third kappa shape index (κ3) is 3.41. The fourth-order valence-corrected chi connectivity index (χ4v) is 4.83. The van der Waals surface area contributed by atoms with Crippen molar-refractivity contribution < 1.29 is 4.79 Å². The second kappa shape index (κ2) is 6.73. The van der Waals surface area contributed by atoms with Crippen LogP contribution < -0.4 is 3.53 Å². The average molecular weight is 406 g/mol. The van der Waals surface area contributed by atoms with E-state index in [1.165, 1.54) is 25.7 Å². The minimum absolute atomic E-state index is 0.185. The van der Waals surface area contributed by atoms with Gasteiger partial charge < -0.3 is 0 Å². The molecule has 2 saturated heterocycles. The summed E-state index contributed by atoms with van der Waals surface area (Å²) >= 11 is 2.01. The molecule has 2 unspecified atom stereocenters. The van der Waals surface area contributed by atoms with Crippen LogP contribution in [0.2, 0.25) is 0 Å². The summed E-state index contributed by atoms with van der Waals surface area (Å²) in [4.78, 5) is 14.9. The molecule has 2 heterocycles. The van der Waals surface area contributed by atoms with Gasteiger partial charge in [-0.1, -0.05) is 34.1 Å². The molecule has 1 N–H and O–H groups in total. The van der Waals surface area contributed by atoms with Crippen LogP contribution in [0.25, 0.3) is 0 Å². The van der Waals surface area contributed by atoms with Gasteiger partial charge in [0.1, 0.15) is 5.54 Å². The Morgan fingerprint density at radius 3 is 2.67 bits per heavy atom. The highest BCUT2D eigenvalue weighted by atomic mass is 127. The molecular weight excluding hydrogens is 375 g/mol. The van der Waals surface area contributed by atoms with Crippen molar-refractivity contribution in [3.63, 3.8) is 0 Å². The Bertz CT molecular complexity index is 381. The number of carbonyl (C=O) groups is 1. The number of hydrogen-bond donors (Lipinski definition) is 1. The number of fused-ring (bicyclic) bond motifs is 2. The molecule has 0 spiro atoms. The molecule has 2 aliphatic heterocycles. The van der Waals surface area contributed by atoms with Crippen LogP contribution in [0.15, 0.2) is 0 Å². The maximum Gasteiger partial charge on any atom is 0.249 e. The molecule has 3 fully saturated rings. The zero-order valence-electron chi connectivity index (χ0n) is 14.0. The Hall–Kier alpha value is 0.160. The van der Waals surface area contributed by atoms with E-state index in [9.17, 15) is 4.79 Å². The molecule has 3 aliphatic rings. The van der Waals surface area contributed by atoms with E-state index in [1.54, 1.807) is 0 Å². The highest BCUT2D eigenvalue weighted by Crippen LogP contribution is 2.50. The summed E-state index contributed by atoms with van der Waals surface area (Å²) in [6.07, 6.45) is 7.13. The van der Waals surface area contributed by atoms with E-state index in [2.05, 4.69) is 36.1 Å². The second-order valence-electron chi connectivity index (χ2n) is 7.82. The van der Waals surface area contributed by atoms with Crippen molar-refractivity contribution in [1.29, 1.82) is 0 Å². The number of halogens is 1. The van der Waals surface area contributed by atoms with E-state index in [1.807, 2.05) is 22.9 Å². The zero-order valence-corrected chi connectivity index (χ0v) is 16.2. The molecule has 1 saturated carbocycles. The van der Waals surface area contributed by atoms with Crippen LogP contribution in [0.5, 0.6) is 0 Å². The van der Waals surface area contributed by atoms with E-state index in [-0.39, 0.29) is 11.4 Å². The van der Waals surface area contributed by atoms with Crippen molar-refractivity contribution in [2.45, 2.75) is 71.8 Å². The van der Waals surface area contributed by atoms with Gasteiger partial charge in [-0.2, -0.15) is 0 Å². The van der Waals surface area contributed by atoms with Crippen LogP contribution in [0.1, 0.15) is 66.2 Å². The minimum atomic E-state index is -0.185. The van der Waals surface area contributed by atoms with Crippen molar-refractivity contribution in [2.75, 3.05) is 13.1 Å². The van der Waals surface area contributed by atoms with Gasteiger partial charge in [-0.05, 0) is 55.9 Å². The molecule has 0 aromatic heterocycles. The normalized spacial score (nSPS) is 32.9. The smallest absolute Gasteiger partial charge is 0.249 e. The highest BCUT2D eigenvalue weighted by Gasteiger charge is 2.57. The average Bonchev–Trinajstić information content (AvgIpc) is 2.45. The summed E-state index contributed by atoms with van der Waals surface area (Å²) in [5, 5.41) is 0. The van der Waals surface area contributed by atoms with Crippen LogP contribution in [-0.4, -0.2) is 29.4 Å². The van der Waals surface area contributed by atoms with Gasteiger partial charge in [0.25, 0.3) is 0 Å². The van der Waals surface area contributed by atoms with E-state index < -0.39 is 0 Å². The first-order chi connectivity index (χ1) is 9.89. The topological polar surface area (TPSA) is 32.3 Å². The predicted molar refractivity (Wildman–Crippen MR) is 96.3 cm³/mol. The van der Waals surface area contributed by atoms with E-state index >= 15 is 0 Å². The Balaban J connectivity index is 2.09. The summed E-state index contributed by atoms with van der Waals surface area (Å²) in [5.74, 6) is 1.79. The summed E-state index contributed by atoms with van der Waals surface area (Å²) < 4.78 is 2.89. The second-order valence-corrected chi connectivity index (χ2v) is 8.36. The molecule has 0 radical (unpaired) electrons. The third-order valence-corrected chi connectivity index (χ3v) is 6.63. The van der Waals surface area contributed by atoms with Crippen molar-refractivity contribution in [3.8, 4) is 0 Å². The van der Waals surface area contributed by atoms with Gasteiger partial charge in [0.2, 0.25) is 5.91 Å². The van der Waals surface area contributed by atoms with Crippen LogP contribution in [-0.2, 0) is 4.79 Å². The van der Waals surface area contributed by atoms with Crippen LogP contribution in [0.4, 0.5) is 0 Å². The van der Waals surface area contributed by atoms with Crippen molar-refractivity contribution in [2.24, 2.45) is 17.3 Å². The van der Waals surface area contributed by atoms with Crippen LogP contribution in [0, 0.1) is 17.3 Å². The molecule has 0 aromatic carbocycles. The number of piperidine rings is 2. The van der Waals surface area contributed by atoms with E-state index in [0.29, 0.717) is 5.41 Å². The fraction of sp³-hybridized carbons (Fsp3) is 0.941. The first-order valence-corrected chi connectivity index (χ1v) is 9.63. The minimum Gasteiger partial charge on any atom is -0.297 e. The lowest BCUT2D eigenvalue weighted by molar-refractivity contribution is -0.153. The highest BCUT2D eigenvalue weighted by molar-refractivity contribution is 14.1. The van der Waals surface area contributed by atoms with Gasteiger partial charge in [0, 0.05) is 6.54 Å². The SMILES string of the molecule is CCC(C)CC(C)(CC)CN1CCC2CC1(C(=O)NI)C2. The first kappa shape index (κ1) is 17.5. The van der Waals surface area contributed by atoms with Gasteiger partial charge in [0.15, 0.2) is 0 Å². The van der Waals surface area contributed by atoms with Gasteiger partial charge >= 0.3 is 0 Å². The number of rotatable bonds is 7. The van der Waals surface area contributed by atoms with E-state index in [0.717, 1.165) is 37.8 Å². The summed E-state index contributed by atoms with van der Waals surface area (Å²) in [5.41, 5.74) is 0.145. The lowest BCUT2D eigenvalue weighted by Gasteiger charge is -2.59. The molecule has 1 amide bonds. The van der Waals surface area contributed by atoms with Gasteiger partial charge in [-0.25, -0.2) is 0 Å². The summed E-state index contributed by atoms with van der Waals surface area (Å²) in [7, 11) is 0. The van der Waals surface area contributed by atoms with Crippen molar-refractivity contribution in [3.05, 3.63) is 0 Å². The Morgan fingerprint density at radius 2 is 2.14 bits per heavy atom. The molecular formula is C17H31IN2O. The number of nitrogens with one attached hydrogen (secondary N) is 1. The molecule has 2 bridgehead atoms. The summed E-state index contributed by atoms with van der Waals surface area (Å²) in [6.45, 7) is 11.5. The van der Waals surface area contributed by atoms with Gasteiger partial charge in [-0.15, -0.1) is 0 Å². The van der Waals surface area contributed by atoms with Crippen molar-refractivity contribution >= 4 is 28.8 Å². The molecule has 3 rings (SSSR count). The molecule has 3 nitrogen and oxygen atoms in total. The number of amides is 1. The maximum atomic E-state index is 12.4. The standard InChI is InChI=1S/C17H31IN2O/c1-5-13(3)9-16(4,6-2)12-20-8-7-14-10-17(20,11-14)15(21)19-18/h13-14H,5-12H2,1-4H3,(H,19,21). The first-order valence-electron chi connectivity index (χ1n) is 8.55. The van der Waals surface area contributed by atoms with E-state index in [4.69, 9.17) is 0 Å². The fourth-order valence-electron chi connectivity index (χ4n) is 4.32. The summed E-state index contributed by atoms with van der Waals surface area (Å²) in [6, 6.07) is 0. The zero-order chi connectivity index (χ0) is 15.7. The number of carbonyl (C=O) groups excluding carboxylic acids is 1. The quantitative estimate of drug-likeness (QED) is 0.509. The molecule has 21 heavy (non-hydrogen) atoms. The lowest BCUT2D eigenvalue weighted by atomic mass is 9.61. The molecule has 1 aliphatic carbocycles. The number of hydrogen-bond acceptors (Lipinski definition) is 2. The van der Waals surface area contributed by atoms with Crippen molar-refractivity contribution in [1.82, 2.24) is 8.43 Å². The van der Waals surface area contributed by atoms with Crippen LogP contribution >= 0.6 is 22.9 Å². The largest absolute Gasteiger partial charge is 0.297 e. The molecule has 2 atom stereocenters. The predicted octanol–water partition coefficient (Wildman–Crippen LogP) is 4.16. The molecule has 4 heteroatoms. The lowest BCUT2D eigenvalue weighted by Crippen LogP contribution is -2.69. The Kier molecular flexibility index (Phi) is 5.61. The molecule has 122 valence electrons.